The molecule has 2 amide bonds. The van der Waals surface area contributed by atoms with Crippen molar-refractivity contribution in [2.45, 2.75) is 12.3 Å². The number of imide groups is 1. The number of carbonyl (C=O) groups is 2. The van der Waals surface area contributed by atoms with Crippen molar-refractivity contribution in [1.29, 1.82) is 0 Å². The summed E-state index contributed by atoms with van der Waals surface area (Å²) in [4.78, 5) is 29.5. The average molecular weight is 306 g/mol. The highest BCUT2D eigenvalue weighted by atomic mass is 16.3. The Morgan fingerprint density at radius 2 is 1.78 bits per heavy atom. The molecule has 1 saturated heterocycles. The van der Waals surface area contributed by atoms with Crippen LogP contribution in [0.5, 0.6) is 5.75 Å². The number of amides is 2. The van der Waals surface area contributed by atoms with E-state index >= 15 is 0 Å². The molecule has 0 bridgehead atoms. The van der Waals surface area contributed by atoms with Crippen LogP contribution in [0.25, 0.3) is 10.9 Å². The van der Waals surface area contributed by atoms with Gasteiger partial charge in [0.1, 0.15) is 5.75 Å². The molecule has 1 unspecified atom stereocenters. The first kappa shape index (κ1) is 13.6. The summed E-state index contributed by atoms with van der Waals surface area (Å²) in [7, 11) is 0. The van der Waals surface area contributed by atoms with E-state index in [1.54, 1.807) is 18.3 Å². The van der Waals surface area contributed by atoms with E-state index in [1.165, 1.54) is 17.0 Å². The first-order valence-electron chi connectivity index (χ1n) is 7.37. The molecule has 3 aromatic rings. The van der Waals surface area contributed by atoms with Gasteiger partial charge < -0.3 is 10.1 Å². The van der Waals surface area contributed by atoms with Crippen LogP contribution in [-0.4, -0.2) is 21.9 Å². The van der Waals surface area contributed by atoms with Crippen molar-refractivity contribution in [3.05, 3.63) is 60.3 Å². The molecule has 2 aromatic carbocycles. The van der Waals surface area contributed by atoms with Crippen molar-refractivity contribution in [3.63, 3.8) is 0 Å². The number of phenols is 1. The number of hydrogen-bond donors (Lipinski definition) is 2. The van der Waals surface area contributed by atoms with Gasteiger partial charge >= 0.3 is 0 Å². The lowest BCUT2D eigenvalue weighted by Crippen LogP contribution is -2.29. The number of aromatic amines is 1. The lowest BCUT2D eigenvalue weighted by molar-refractivity contribution is -0.121. The maximum Gasteiger partial charge on any atom is 0.241 e. The molecule has 0 aliphatic carbocycles. The number of phenolic OH excluding ortho intramolecular Hbond substituents is 1. The molecular formula is C18H14N2O3. The van der Waals surface area contributed by atoms with Crippen molar-refractivity contribution >= 4 is 28.4 Å². The second-order valence-electron chi connectivity index (χ2n) is 5.63. The standard InChI is InChI=1S/C18H14N2O3/c21-12-7-5-11(6-8-12)20-17(22)9-14(18(20)23)15-10-19-16-4-2-1-3-13(15)16/h1-8,10,14,19,21H,9H2. The van der Waals surface area contributed by atoms with Crippen LogP contribution in [0.4, 0.5) is 5.69 Å². The molecule has 114 valence electrons. The van der Waals surface area contributed by atoms with E-state index < -0.39 is 5.92 Å². The van der Waals surface area contributed by atoms with Gasteiger partial charge in [0.15, 0.2) is 0 Å². The molecule has 2 heterocycles. The third-order valence-corrected chi connectivity index (χ3v) is 4.25. The van der Waals surface area contributed by atoms with Crippen molar-refractivity contribution < 1.29 is 14.7 Å². The van der Waals surface area contributed by atoms with Gasteiger partial charge in [-0.05, 0) is 35.9 Å². The monoisotopic (exact) mass is 306 g/mol. The van der Waals surface area contributed by atoms with E-state index in [0.29, 0.717) is 5.69 Å². The summed E-state index contributed by atoms with van der Waals surface area (Å²) in [6.07, 6.45) is 1.96. The van der Waals surface area contributed by atoms with Gasteiger partial charge in [0.25, 0.3) is 0 Å². The number of H-pyrrole nitrogens is 1. The van der Waals surface area contributed by atoms with E-state index in [-0.39, 0.29) is 24.0 Å². The Bertz CT molecular complexity index is 911. The molecule has 0 saturated carbocycles. The lowest BCUT2D eigenvalue weighted by atomic mass is 9.97. The van der Waals surface area contributed by atoms with Crippen LogP contribution in [0.3, 0.4) is 0 Å². The second kappa shape index (κ2) is 4.98. The zero-order chi connectivity index (χ0) is 16.0. The normalized spacial score (nSPS) is 18.1. The number of nitrogens with one attached hydrogen (secondary N) is 1. The van der Waals surface area contributed by atoms with Crippen molar-refractivity contribution in [3.8, 4) is 5.75 Å². The van der Waals surface area contributed by atoms with E-state index in [2.05, 4.69) is 4.98 Å². The quantitative estimate of drug-likeness (QED) is 0.715. The molecule has 0 radical (unpaired) electrons. The fourth-order valence-corrected chi connectivity index (χ4v) is 3.13. The topological polar surface area (TPSA) is 73.4 Å². The molecule has 1 aromatic heterocycles. The zero-order valence-electron chi connectivity index (χ0n) is 12.2. The van der Waals surface area contributed by atoms with Crippen LogP contribution in [0, 0.1) is 0 Å². The van der Waals surface area contributed by atoms with Gasteiger partial charge in [-0.25, -0.2) is 0 Å². The summed E-state index contributed by atoms with van der Waals surface area (Å²) >= 11 is 0. The molecule has 23 heavy (non-hydrogen) atoms. The highest BCUT2D eigenvalue weighted by molar-refractivity contribution is 6.23. The second-order valence-corrected chi connectivity index (χ2v) is 5.63. The molecule has 4 rings (SSSR count). The maximum atomic E-state index is 12.8. The van der Waals surface area contributed by atoms with Gasteiger partial charge in [-0.3, -0.25) is 14.5 Å². The average Bonchev–Trinajstić information content (AvgIpc) is 3.10. The minimum atomic E-state index is -0.479. The highest BCUT2D eigenvalue weighted by Gasteiger charge is 2.41. The number of benzene rings is 2. The molecule has 1 aliphatic heterocycles. The summed E-state index contributed by atoms with van der Waals surface area (Å²) in [5.41, 5.74) is 2.28. The number of nitrogens with zero attached hydrogens (tertiary/aromatic N) is 1. The molecule has 1 atom stereocenters. The Kier molecular flexibility index (Phi) is 2.94. The molecular weight excluding hydrogens is 292 g/mol. The molecule has 1 aliphatic rings. The number of para-hydroxylation sites is 1. The summed E-state index contributed by atoms with van der Waals surface area (Å²) in [6.45, 7) is 0. The smallest absolute Gasteiger partial charge is 0.241 e. The van der Waals surface area contributed by atoms with Gasteiger partial charge in [0.05, 0.1) is 11.6 Å². The molecule has 5 heteroatoms. The summed E-state index contributed by atoms with van der Waals surface area (Å²) < 4.78 is 0. The number of anilines is 1. The van der Waals surface area contributed by atoms with Crippen LogP contribution in [0.15, 0.2) is 54.7 Å². The Hall–Kier alpha value is -3.08. The Morgan fingerprint density at radius 1 is 1.04 bits per heavy atom. The predicted octanol–water partition coefficient (Wildman–Crippen LogP) is 2.92. The molecule has 1 fully saturated rings. The summed E-state index contributed by atoms with van der Waals surface area (Å²) in [5.74, 6) is -0.838. The highest BCUT2D eigenvalue weighted by Crippen LogP contribution is 2.36. The number of rotatable bonds is 2. The lowest BCUT2D eigenvalue weighted by Gasteiger charge is -2.15. The van der Waals surface area contributed by atoms with E-state index in [0.717, 1.165) is 16.5 Å². The van der Waals surface area contributed by atoms with Crippen LogP contribution in [0.1, 0.15) is 17.9 Å². The first-order chi connectivity index (χ1) is 11.1. The van der Waals surface area contributed by atoms with E-state index in [1.807, 2.05) is 24.3 Å². The number of hydrogen-bond acceptors (Lipinski definition) is 3. The molecule has 2 N–H and O–H groups in total. The van der Waals surface area contributed by atoms with Crippen molar-refractivity contribution in [2.75, 3.05) is 4.90 Å². The Labute approximate surface area is 132 Å². The summed E-state index contributed by atoms with van der Waals surface area (Å²) in [5, 5.41) is 10.3. The largest absolute Gasteiger partial charge is 0.508 e. The zero-order valence-corrected chi connectivity index (χ0v) is 12.2. The van der Waals surface area contributed by atoms with Gasteiger partial charge in [-0.1, -0.05) is 18.2 Å². The minimum Gasteiger partial charge on any atom is -0.508 e. The van der Waals surface area contributed by atoms with E-state index in [9.17, 15) is 14.7 Å². The van der Waals surface area contributed by atoms with Gasteiger partial charge in [-0.2, -0.15) is 0 Å². The summed E-state index contributed by atoms with van der Waals surface area (Å²) in [6, 6.07) is 13.8. The third kappa shape index (κ3) is 2.09. The maximum absolute atomic E-state index is 12.8. The Balaban J connectivity index is 1.74. The SMILES string of the molecule is O=C1CC(c2c[nH]c3ccccc23)C(=O)N1c1ccc(O)cc1. The molecule has 5 nitrogen and oxygen atoms in total. The number of aromatic nitrogens is 1. The number of carbonyl (C=O) groups excluding carboxylic acids is 2. The molecule has 0 spiro atoms. The fraction of sp³-hybridized carbons (Fsp3) is 0.111. The number of fused-ring (bicyclic) bond motifs is 1. The first-order valence-corrected chi connectivity index (χ1v) is 7.37. The number of aromatic hydroxyl groups is 1. The fourth-order valence-electron chi connectivity index (χ4n) is 3.13. The van der Waals surface area contributed by atoms with Crippen LogP contribution < -0.4 is 4.90 Å². The minimum absolute atomic E-state index is 0.0982. The van der Waals surface area contributed by atoms with Crippen LogP contribution in [0.2, 0.25) is 0 Å². The van der Waals surface area contributed by atoms with Crippen LogP contribution >= 0.6 is 0 Å². The van der Waals surface area contributed by atoms with E-state index in [4.69, 9.17) is 0 Å². The van der Waals surface area contributed by atoms with Gasteiger partial charge in [0, 0.05) is 23.5 Å². The Morgan fingerprint density at radius 3 is 2.57 bits per heavy atom. The van der Waals surface area contributed by atoms with Crippen LogP contribution in [-0.2, 0) is 9.59 Å². The third-order valence-electron chi connectivity index (χ3n) is 4.25. The predicted molar refractivity (Wildman–Crippen MR) is 86.3 cm³/mol. The van der Waals surface area contributed by atoms with Crippen molar-refractivity contribution in [2.24, 2.45) is 0 Å². The van der Waals surface area contributed by atoms with Crippen molar-refractivity contribution in [1.82, 2.24) is 4.98 Å². The van der Waals surface area contributed by atoms with Gasteiger partial charge in [-0.15, -0.1) is 0 Å². The van der Waals surface area contributed by atoms with Gasteiger partial charge in [0.2, 0.25) is 11.8 Å².